The zero-order valence-electron chi connectivity index (χ0n) is 22.9. The third-order valence-corrected chi connectivity index (χ3v) is 8.34. The van der Waals surface area contributed by atoms with Crippen LogP contribution in [0, 0.1) is 27.7 Å². The van der Waals surface area contributed by atoms with Gasteiger partial charge in [-0.2, -0.15) is 18.3 Å². The second-order valence-electron chi connectivity index (χ2n) is 9.58. The van der Waals surface area contributed by atoms with Gasteiger partial charge in [-0.05, 0) is 75.2 Å². The standard InChI is InChI=1S/C30H29F3N4O3S/c1-20-14-15-21(2)28(16-20)36(41(39,40)25-10-6-5-7-11-25)19-29(38)35-34-18-24-17-22(3)37(23(24)4)27-13-9-8-12-26(27)30(31,32)33/h5-18H,19H2,1-4H3,(H,35,38)/b34-18-. The number of nitrogens with zero attached hydrogens (tertiary/aromatic N) is 3. The number of amides is 1. The van der Waals surface area contributed by atoms with E-state index in [1.54, 1.807) is 57.2 Å². The van der Waals surface area contributed by atoms with Crippen molar-refractivity contribution in [1.82, 2.24) is 9.99 Å². The fourth-order valence-electron chi connectivity index (χ4n) is 4.54. The Kier molecular flexibility index (Phi) is 8.39. The predicted octanol–water partition coefficient (Wildman–Crippen LogP) is 6.08. The molecule has 0 bridgehead atoms. The van der Waals surface area contributed by atoms with Crippen LogP contribution in [-0.2, 0) is 21.0 Å². The molecule has 0 radical (unpaired) electrons. The number of nitrogens with one attached hydrogen (secondary N) is 1. The SMILES string of the molecule is Cc1ccc(C)c(N(CC(=O)N/N=C\c2cc(C)n(-c3ccccc3C(F)(F)F)c2C)S(=O)(=O)c2ccccc2)c1. The first-order valence-electron chi connectivity index (χ1n) is 12.6. The van der Waals surface area contributed by atoms with Crippen molar-refractivity contribution in [1.29, 1.82) is 0 Å². The minimum absolute atomic E-state index is 0.0195. The van der Waals surface area contributed by atoms with Crippen LogP contribution in [0.5, 0.6) is 0 Å². The van der Waals surface area contributed by atoms with E-state index >= 15 is 0 Å². The van der Waals surface area contributed by atoms with Crippen LogP contribution in [0.25, 0.3) is 5.69 Å². The Labute approximate surface area is 237 Å². The second kappa shape index (κ2) is 11.6. The molecule has 0 aliphatic heterocycles. The Balaban J connectivity index is 1.60. The molecule has 1 N–H and O–H groups in total. The summed E-state index contributed by atoms with van der Waals surface area (Å²) in [6, 6.07) is 20.0. The van der Waals surface area contributed by atoms with Crippen molar-refractivity contribution < 1.29 is 26.4 Å². The van der Waals surface area contributed by atoms with E-state index in [0.29, 0.717) is 28.2 Å². The molecule has 0 fully saturated rings. The van der Waals surface area contributed by atoms with Crippen LogP contribution in [0.3, 0.4) is 0 Å². The molecule has 4 aromatic rings. The average Bonchev–Trinajstić information content (AvgIpc) is 3.21. The van der Waals surface area contributed by atoms with Gasteiger partial charge in [0.1, 0.15) is 6.54 Å². The summed E-state index contributed by atoms with van der Waals surface area (Å²) in [5, 5.41) is 3.98. The van der Waals surface area contributed by atoms with Crippen molar-refractivity contribution in [2.24, 2.45) is 5.10 Å². The number of alkyl halides is 3. The highest BCUT2D eigenvalue weighted by Crippen LogP contribution is 2.35. The predicted molar refractivity (Wildman–Crippen MR) is 153 cm³/mol. The van der Waals surface area contributed by atoms with Crippen molar-refractivity contribution in [3.05, 3.63) is 113 Å². The molecule has 0 atom stereocenters. The van der Waals surface area contributed by atoms with Crippen molar-refractivity contribution in [2.45, 2.75) is 38.8 Å². The number of hydrazone groups is 1. The first-order chi connectivity index (χ1) is 19.3. The quantitative estimate of drug-likeness (QED) is 0.202. The van der Waals surface area contributed by atoms with Crippen LogP contribution in [0.15, 0.2) is 88.9 Å². The minimum Gasteiger partial charge on any atom is -0.317 e. The summed E-state index contributed by atoms with van der Waals surface area (Å²) in [6.45, 7) is 6.36. The van der Waals surface area contributed by atoms with Gasteiger partial charge in [0.2, 0.25) is 0 Å². The molecule has 0 aliphatic carbocycles. The van der Waals surface area contributed by atoms with Crippen LogP contribution >= 0.6 is 0 Å². The Morgan fingerprint density at radius 2 is 1.61 bits per heavy atom. The number of anilines is 1. The Morgan fingerprint density at radius 1 is 0.951 bits per heavy atom. The number of aryl methyl sites for hydroxylation is 3. The largest absolute Gasteiger partial charge is 0.418 e. The average molecular weight is 583 g/mol. The van der Waals surface area contributed by atoms with Crippen molar-refractivity contribution in [3.8, 4) is 5.69 Å². The van der Waals surface area contributed by atoms with E-state index in [1.807, 2.05) is 13.0 Å². The number of aromatic nitrogens is 1. The number of sulfonamides is 1. The van der Waals surface area contributed by atoms with Gasteiger partial charge in [0.05, 0.1) is 28.0 Å². The van der Waals surface area contributed by atoms with Gasteiger partial charge in [-0.25, -0.2) is 13.8 Å². The lowest BCUT2D eigenvalue weighted by Gasteiger charge is -2.25. The van der Waals surface area contributed by atoms with Gasteiger partial charge in [-0.3, -0.25) is 9.10 Å². The molecular formula is C30H29F3N4O3S. The van der Waals surface area contributed by atoms with Crippen LogP contribution in [0.2, 0.25) is 0 Å². The Hall–Kier alpha value is -4.38. The van der Waals surface area contributed by atoms with Crippen LogP contribution in [0.1, 0.15) is 33.6 Å². The fraction of sp³-hybridized carbons (Fsp3) is 0.200. The van der Waals surface area contributed by atoms with E-state index in [2.05, 4.69) is 10.5 Å². The summed E-state index contributed by atoms with van der Waals surface area (Å²) < 4.78 is 70.5. The number of para-hydroxylation sites is 1. The Bertz CT molecular complexity index is 1710. The molecule has 3 aromatic carbocycles. The highest BCUT2D eigenvalue weighted by molar-refractivity contribution is 7.92. The number of carbonyl (C=O) groups is 1. The highest BCUT2D eigenvalue weighted by atomic mass is 32.2. The second-order valence-corrected chi connectivity index (χ2v) is 11.4. The number of carbonyl (C=O) groups excluding carboxylic acids is 1. The number of rotatable bonds is 8. The van der Waals surface area contributed by atoms with Gasteiger partial charge in [0, 0.05) is 17.0 Å². The summed E-state index contributed by atoms with van der Waals surface area (Å²) >= 11 is 0. The van der Waals surface area contributed by atoms with E-state index in [-0.39, 0.29) is 10.6 Å². The fourth-order valence-corrected chi connectivity index (χ4v) is 6.04. The normalized spacial score (nSPS) is 12.1. The molecule has 0 aliphatic rings. The number of hydrogen-bond acceptors (Lipinski definition) is 4. The number of hydrogen-bond donors (Lipinski definition) is 1. The molecule has 0 saturated heterocycles. The van der Waals surface area contributed by atoms with Gasteiger partial charge in [-0.1, -0.05) is 42.5 Å². The number of halogens is 3. The van der Waals surface area contributed by atoms with Crippen molar-refractivity contribution >= 4 is 27.8 Å². The first-order valence-corrected chi connectivity index (χ1v) is 14.1. The molecule has 214 valence electrons. The zero-order chi connectivity index (χ0) is 29.9. The molecule has 41 heavy (non-hydrogen) atoms. The molecule has 7 nitrogen and oxygen atoms in total. The van der Waals surface area contributed by atoms with Gasteiger partial charge in [0.15, 0.2) is 0 Å². The minimum atomic E-state index is -4.54. The number of benzene rings is 3. The van der Waals surface area contributed by atoms with Gasteiger partial charge < -0.3 is 4.57 Å². The molecule has 0 unspecified atom stereocenters. The van der Waals surface area contributed by atoms with Crippen molar-refractivity contribution in [3.63, 3.8) is 0 Å². The van der Waals surface area contributed by atoms with Crippen LogP contribution < -0.4 is 9.73 Å². The molecule has 0 spiro atoms. The summed E-state index contributed by atoms with van der Waals surface area (Å²) in [6.07, 6.45) is -3.22. The lowest BCUT2D eigenvalue weighted by atomic mass is 10.1. The van der Waals surface area contributed by atoms with E-state index < -0.39 is 34.2 Å². The van der Waals surface area contributed by atoms with Gasteiger partial charge >= 0.3 is 6.18 Å². The summed E-state index contributed by atoms with van der Waals surface area (Å²) in [4.78, 5) is 13.0. The topological polar surface area (TPSA) is 83.8 Å². The van der Waals surface area contributed by atoms with Gasteiger partial charge in [0.25, 0.3) is 15.9 Å². The smallest absolute Gasteiger partial charge is 0.317 e. The first kappa shape index (κ1) is 29.6. The lowest BCUT2D eigenvalue weighted by Crippen LogP contribution is -2.40. The van der Waals surface area contributed by atoms with E-state index in [9.17, 15) is 26.4 Å². The molecule has 1 amide bonds. The molecular weight excluding hydrogens is 553 g/mol. The summed E-state index contributed by atoms with van der Waals surface area (Å²) in [5.74, 6) is -0.696. The van der Waals surface area contributed by atoms with Crippen LogP contribution in [0.4, 0.5) is 18.9 Å². The summed E-state index contributed by atoms with van der Waals surface area (Å²) in [7, 11) is -4.10. The third-order valence-electron chi connectivity index (χ3n) is 6.57. The molecule has 4 rings (SSSR count). The molecule has 0 saturated carbocycles. The molecule has 1 aromatic heterocycles. The Morgan fingerprint density at radius 3 is 2.29 bits per heavy atom. The summed E-state index contributed by atoms with van der Waals surface area (Å²) in [5.41, 5.74) is 4.93. The maximum absolute atomic E-state index is 13.6. The maximum Gasteiger partial charge on any atom is 0.418 e. The van der Waals surface area contributed by atoms with Gasteiger partial charge in [-0.15, -0.1) is 0 Å². The highest BCUT2D eigenvalue weighted by Gasteiger charge is 2.34. The maximum atomic E-state index is 13.6. The lowest BCUT2D eigenvalue weighted by molar-refractivity contribution is -0.137. The zero-order valence-corrected chi connectivity index (χ0v) is 23.7. The van der Waals surface area contributed by atoms with E-state index in [4.69, 9.17) is 0 Å². The van der Waals surface area contributed by atoms with E-state index in [1.165, 1.54) is 41.1 Å². The monoisotopic (exact) mass is 582 g/mol. The van der Waals surface area contributed by atoms with Crippen molar-refractivity contribution in [2.75, 3.05) is 10.8 Å². The molecule has 1 heterocycles. The van der Waals surface area contributed by atoms with E-state index in [0.717, 1.165) is 15.9 Å². The van der Waals surface area contributed by atoms with Crippen LogP contribution in [-0.4, -0.2) is 31.7 Å². The molecule has 11 heteroatoms. The third kappa shape index (κ3) is 6.35.